The number of carbonyl (C=O) groups is 1. The molecule has 2 rings (SSSR count). The average Bonchev–Trinajstić information content (AvgIpc) is 2.61. The van der Waals surface area contributed by atoms with Gasteiger partial charge in [-0.05, 0) is 56.3 Å². The third kappa shape index (κ3) is 6.76. The lowest BCUT2D eigenvalue weighted by atomic mass is 9.68. The van der Waals surface area contributed by atoms with Gasteiger partial charge in [0.1, 0.15) is 0 Å². The van der Waals surface area contributed by atoms with E-state index in [1.54, 1.807) is 0 Å². The first-order valence-electron chi connectivity index (χ1n) is 10.9. The Morgan fingerprint density at radius 2 is 1.21 bits per heavy atom. The van der Waals surface area contributed by atoms with E-state index >= 15 is 0 Å². The van der Waals surface area contributed by atoms with Gasteiger partial charge in [-0.25, -0.2) is 9.90 Å². The lowest BCUT2D eigenvalue weighted by Crippen LogP contribution is -2.28. The first-order valence-corrected chi connectivity index (χ1v) is 10.9. The van der Waals surface area contributed by atoms with Crippen molar-refractivity contribution in [2.75, 3.05) is 0 Å². The second-order valence-corrected chi connectivity index (χ2v) is 8.62. The van der Waals surface area contributed by atoms with Crippen molar-refractivity contribution in [2.45, 2.75) is 110 Å². The highest BCUT2D eigenvalue weighted by Gasteiger charge is 2.33. The van der Waals surface area contributed by atoms with Crippen LogP contribution in [0.3, 0.4) is 0 Å². The molecule has 0 aromatic rings. The van der Waals surface area contributed by atoms with E-state index in [2.05, 4.69) is 6.92 Å². The maximum atomic E-state index is 11.0. The summed E-state index contributed by atoms with van der Waals surface area (Å²) < 4.78 is 0. The van der Waals surface area contributed by atoms with Crippen molar-refractivity contribution in [3.63, 3.8) is 0 Å². The first kappa shape index (κ1) is 19.8. The van der Waals surface area contributed by atoms with Gasteiger partial charge in [-0.2, -0.15) is 0 Å². The number of unbranched alkanes of at least 4 members (excludes halogenated alkanes) is 6. The van der Waals surface area contributed by atoms with Crippen LogP contribution in [0.5, 0.6) is 0 Å². The van der Waals surface area contributed by atoms with Crippen LogP contribution >= 0.6 is 0 Å². The quantitative estimate of drug-likeness (QED) is 0.409. The number of carbonyl (C=O) groups excluding carboxylic acids is 1. The first-order chi connectivity index (χ1) is 11.7. The van der Waals surface area contributed by atoms with Gasteiger partial charge < -0.3 is 0 Å². The van der Waals surface area contributed by atoms with Crippen LogP contribution in [-0.2, 0) is 9.90 Å². The highest BCUT2D eigenvalue weighted by atomic mass is 16.4. The Bertz CT molecular complexity index is 336. The summed E-state index contributed by atoms with van der Waals surface area (Å²) in [6.45, 7) is 2.28. The highest BCUT2D eigenvalue weighted by molar-refractivity contribution is 5.69. The molecule has 2 aliphatic carbocycles. The van der Waals surface area contributed by atoms with Crippen LogP contribution in [0.15, 0.2) is 0 Å². The van der Waals surface area contributed by atoms with E-state index in [9.17, 15) is 9.90 Å². The fraction of sp³-hybridized carbons (Fsp3) is 0.955. The van der Waals surface area contributed by atoms with E-state index < -0.39 is 5.97 Å². The molecular weight excluding hydrogens is 296 g/mol. The Hall–Kier alpha value is -0.530. The van der Waals surface area contributed by atoms with Gasteiger partial charge in [-0.3, -0.25) is 0 Å². The summed E-state index contributed by atoms with van der Waals surface area (Å²) in [6, 6.07) is 0. The zero-order valence-electron chi connectivity index (χ0n) is 15.9. The molecule has 2 fully saturated rings. The SMILES string of the molecule is CCCCCCCCCC1CCC(C2CCC(C([O])=O)CC2)CC1. The second-order valence-electron chi connectivity index (χ2n) is 8.62. The predicted molar refractivity (Wildman–Crippen MR) is 99.2 cm³/mol. The Labute approximate surface area is 149 Å². The Morgan fingerprint density at radius 1 is 0.708 bits per heavy atom. The van der Waals surface area contributed by atoms with Gasteiger partial charge in [-0.1, -0.05) is 71.1 Å². The third-order valence-electron chi connectivity index (χ3n) is 6.88. The van der Waals surface area contributed by atoms with Crippen molar-refractivity contribution in [3.05, 3.63) is 0 Å². The van der Waals surface area contributed by atoms with Gasteiger partial charge in [0.15, 0.2) is 0 Å². The summed E-state index contributed by atoms with van der Waals surface area (Å²) in [5.74, 6) is 1.70. The second kappa shape index (κ2) is 11.2. The molecule has 2 nitrogen and oxygen atoms in total. The molecule has 0 heterocycles. The lowest BCUT2D eigenvalue weighted by molar-refractivity contribution is -0.149. The van der Waals surface area contributed by atoms with Crippen LogP contribution in [0, 0.1) is 23.7 Å². The van der Waals surface area contributed by atoms with Crippen LogP contribution in [0.2, 0.25) is 0 Å². The molecule has 2 heteroatoms. The summed E-state index contributed by atoms with van der Waals surface area (Å²) in [7, 11) is 0. The minimum absolute atomic E-state index is 0.157. The third-order valence-corrected chi connectivity index (χ3v) is 6.88. The van der Waals surface area contributed by atoms with E-state index in [-0.39, 0.29) is 5.92 Å². The van der Waals surface area contributed by atoms with Crippen LogP contribution in [0.1, 0.15) is 110 Å². The monoisotopic (exact) mass is 335 g/mol. The fourth-order valence-electron chi connectivity index (χ4n) is 5.16. The van der Waals surface area contributed by atoms with Crippen molar-refractivity contribution in [1.29, 1.82) is 0 Å². The van der Waals surface area contributed by atoms with Crippen molar-refractivity contribution in [1.82, 2.24) is 0 Å². The minimum atomic E-state index is -0.813. The number of hydrogen-bond donors (Lipinski definition) is 0. The molecule has 0 amide bonds. The molecule has 0 N–H and O–H groups in total. The molecule has 0 atom stereocenters. The number of hydrogen-bond acceptors (Lipinski definition) is 1. The van der Waals surface area contributed by atoms with Crippen LogP contribution in [-0.4, -0.2) is 5.97 Å². The Kier molecular flexibility index (Phi) is 9.20. The largest absolute Gasteiger partial charge is 0.358 e. The summed E-state index contributed by atoms with van der Waals surface area (Å²) in [5.41, 5.74) is 0. The molecule has 0 bridgehead atoms. The Morgan fingerprint density at radius 3 is 1.75 bits per heavy atom. The molecular formula is C22H39O2. The van der Waals surface area contributed by atoms with E-state index in [1.807, 2.05) is 0 Å². The average molecular weight is 336 g/mol. The fourth-order valence-corrected chi connectivity index (χ4v) is 5.16. The summed E-state index contributed by atoms with van der Waals surface area (Å²) in [6.07, 6.45) is 21.1. The van der Waals surface area contributed by atoms with Crippen molar-refractivity contribution < 1.29 is 9.90 Å². The lowest BCUT2D eigenvalue weighted by Gasteiger charge is -2.37. The summed E-state index contributed by atoms with van der Waals surface area (Å²) in [5, 5.41) is 11.0. The standard InChI is InChI=1S/C22H39O2/c1-2-3-4-5-6-7-8-9-18-10-12-19(13-11-18)20-14-16-21(17-15-20)22(23)24/h18-21H,2-17H2,1H3. The molecule has 0 unspecified atom stereocenters. The minimum Gasteiger partial charge on any atom is -0.247 e. The zero-order chi connectivity index (χ0) is 17.2. The van der Waals surface area contributed by atoms with Crippen molar-refractivity contribution >= 4 is 5.97 Å². The van der Waals surface area contributed by atoms with Crippen molar-refractivity contribution in [2.24, 2.45) is 23.7 Å². The number of rotatable bonds is 10. The van der Waals surface area contributed by atoms with Crippen LogP contribution < -0.4 is 0 Å². The maximum Gasteiger partial charge on any atom is 0.358 e. The summed E-state index contributed by atoms with van der Waals surface area (Å²) in [4.78, 5) is 11.0. The smallest absolute Gasteiger partial charge is 0.247 e. The zero-order valence-corrected chi connectivity index (χ0v) is 15.9. The molecule has 2 saturated carbocycles. The maximum absolute atomic E-state index is 11.0. The summed E-state index contributed by atoms with van der Waals surface area (Å²) >= 11 is 0. The van der Waals surface area contributed by atoms with Gasteiger partial charge in [0.25, 0.3) is 0 Å². The molecule has 2 aliphatic rings. The van der Waals surface area contributed by atoms with Crippen LogP contribution in [0.4, 0.5) is 0 Å². The van der Waals surface area contributed by atoms with Gasteiger partial charge >= 0.3 is 5.97 Å². The van der Waals surface area contributed by atoms with Crippen LogP contribution in [0.25, 0.3) is 0 Å². The molecule has 0 aromatic heterocycles. The molecule has 139 valence electrons. The predicted octanol–water partition coefficient (Wildman–Crippen LogP) is 6.70. The van der Waals surface area contributed by atoms with E-state index in [1.165, 1.54) is 77.0 Å². The normalized spacial score (nSPS) is 31.0. The van der Waals surface area contributed by atoms with Gasteiger partial charge in [0.2, 0.25) is 0 Å². The Balaban J connectivity index is 1.51. The molecule has 0 saturated heterocycles. The van der Waals surface area contributed by atoms with E-state index in [0.29, 0.717) is 0 Å². The molecule has 0 spiro atoms. The van der Waals surface area contributed by atoms with Crippen molar-refractivity contribution in [3.8, 4) is 0 Å². The van der Waals surface area contributed by atoms with Gasteiger partial charge in [-0.15, -0.1) is 0 Å². The van der Waals surface area contributed by atoms with E-state index in [0.717, 1.165) is 43.4 Å². The molecule has 0 aromatic carbocycles. The molecule has 24 heavy (non-hydrogen) atoms. The van der Waals surface area contributed by atoms with Gasteiger partial charge in [0.05, 0.1) is 5.92 Å². The highest BCUT2D eigenvalue weighted by Crippen LogP contribution is 2.42. The van der Waals surface area contributed by atoms with E-state index in [4.69, 9.17) is 0 Å². The molecule has 1 radical (unpaired) electrons. The topological polar surface area (TPSA) is 37.0 Å². The molecule has 0 aliphatic heterocycles. The van der Waals surface area contributed by atoms with Gasteiger partial charge in [0, 0.05) is 0 Å².